The first-order valence-corrected chi connectivity index (χ1v) is 22.6. The molecule has 0 amide bonds. The quantitative estimate of drug-likeness (QED) is 0.0865. The Morgan fingerprint density at radius 3 is 2.46 bits per heavy atom. The summed E-state index contributed by atoms with van der Waals surface area (Å²) < 4.78 is 2.69. The van der Waals surface area contributed by atoms with E-state index in [9.17, 15) is 0 Å². The molecule has 8 aromatic rings. The number of fused-ring (bicyclic) bond motifs is 5. The molecule has 2 unspecified atom stereocenters. The molecule has 2 aliphatic carbocycles. The zero-order valence-electron chi connectivity index (χ0n) is 35.5. The lowest BCUT2D eigenvalue weighted by atomic mass is 9.86. The van der Waals surface area contributed by atoms with Crippen LogP contribution in [0.2, 0.25) is 0 Å². The molecule has 5 heteroatoms. The minimum Gasteiger partial charge on any atom is -0.354 e. The maximum atomic E-state index is 6.86. The minimum absolute atomic E-state index is 0.308. The standard InChI is InChI=1S/C58H50N4S/c1-39-15-5-3-6-16-40-27-28-48(36-49(40)33-39)58(61-57(59)42-18-7-4-8-19-42)60-38-62(2)56-50-24-10-9-17-41(50)29-31-51(56)47-23-14-22-45(35-47)43-20-13-21-44(34-43)46-30-32-53-52-25-11-12-26-54(52)63-55(53)37-46/h3-15,17-20,22-32,34-37,44,57H,1,16,21,33,38,59H2,2H3,(H,60,61)/b6-3-,15-5-. The summed E-state index contributed by atoms with van der Waals surface area (Å²) in [5, 5.41) is 8.66. The maximum Gasteiger partial charge on any atom is 0.131 e. The smallest absolute Gasteiger partial charge is 0.131 e. The Bertz CT molecular complexity index is 3160. The first kappa shape index (κ1) is 40.0. The molecule has 0 aliphatic heterocycles. The van der Waals surface area contributed by atoms with E-state index in [1.807, 2.05) is 29.5 Å². The summed E-state index contributed by atoms with van der Waals surface area (Å²) in [6, 6.07) is 54.8. The van der Waals surface area contributed by atoms with Crippen LogP contribution in [0.4, 0.5) is 5.69 Å². The minimum atomic E-state index is -0.446. The fourth-order valence-electron chi connectivity index (χ4n) is 9.11. The highest BCUT2D eigenvalue weighted by molar-refractivity contribution is 7.25. The number of benzene rings is 7. The number of nitrogens with zero attached hydrogens (tertiary/aromatic N) is 2. The molecule has 0 saturated heterocycles. The normalized spacial score (nSPS) is 16.8. The number of rotatable bonds is 9. The van der Waals surface area contributed by atoms with Gasteiger partial charge < -0.3 is 16.0 Å². The van der Waals surface area contributed by atoms with E-state index in [0.717, 1.165) is 58.6 Å². The highest BCUT2D eigenvalue weighted by Gasteiger charge is 2.19. The molecular formula is C58H50N4S. The van der Waals surface area contributed by atoms with Crippen LogP contribution in [0.3, 0.4) is 0 Å². The first-order chi connectivity index (χ1) is 30.9. The van der Waals surface area contributed by atoms with Gasteiger partial charge in [-0.05, 0) is 87.9 Å². The van der Waals surface area contributed by atoms with E-state index in [0.29, 0.717) is 12.6 Å². The van der Waals surface area contributed by atoms with E-state index in [2.05, 4.69) is 200 Å². The molecular weight excluding hydrogens is 785 g/mol. The molecule has 0 saturated carbocycles. The number of hydrogen-bond acceptors (Lipinski definition) is 4. The molecule has 10 rings (SSSR count). The van der Waals surface area contributed by atoms with Crippen molar-refractivity contribution in [1.82, 2.24) is 5.32 Å². The number of thiophene rings is 1. The van der Waals surface area contributed by atoms with Crippen molar-refractivity contribution in [3.8, 4) is 11.1 Å². The summed E-state index contributed by atoms with van der Waals surface area (Å²) in [5.41, 5.74) is 19.7. The van der Waals surface area contributed by atoms with E-state index in [1.165, 1.54) is 58.8 Å². The largest absolute Gasteiger partial charge is 0.354 e. The molecule has 0 radical (unpaired) electrons. The van der Waals surface area contributed by atoms with Gasteiger partial charge in [0.2, 0.25) is 0 Å². The van der Waals surface area contributed by atoms with Gasteiger partial charge in [-0.3, -0.25) is 0 Å². The van der Waals surface area contributed by atoms with Crippen LogP contribution in [0.15, 0.2) is 211 Å². The van der Waals surface area contributed by atoms with Crippen LogP contribution >= 0.6 is 11.3 Å². The SMILES string of the molecule is C=C1/C=C\C=C/Cc2ccc(/C(=N/CN(C)c3c(-c4cccc(C5=CC(c6ccc7c(c6)sc6ccccc67)CC=C5)c4)ccc4ccccc34)NC(N)c3ccccc3)cc2C1. The predicted molar refractivity (Wildman–Crippen MR) is 271 cm³/mol. The van der Waals surface area contributed by atoms with Crippen molar-refractivity contribution in [2.45, 2.75) is 31.3 Å². The molecule has 308 valence electrons. The average Bonchev–Trinajstić information content (AvgIpc) is 3.74. The van der Waals surface area contributed by atoms with Gasteiger partial charge in [0.25, 0.3) is 0 Å². The van der Waals surface area contributed by atoms with Gasteiger partial charge in [0.15, 0.2) is 0 Å². The highest BCUT2D eigenvalue weighted by Crippen LogP contribution is 2.41. The summed E-state index contributed by atoms with van der Waals surface area (Å²) in [7, 11) is 2.14. The summed E-state index contributed by atoms with van der Waals surface area (Å²) in [6.45, 7) is 4.74. The highest BCUT2D eigenvalue weighted by atomic mass is 32.1. The Hall–Kier alpha value is -7.05. The van der Waals surface area contributed by atoms with Crippen LogP contribution < -0.4 is 16.0 Å². The Morgan fingerprint density at radius 1 is 0.746 bits per heavy atom. The second-order valence-corrected chi connectivity index (χ2v) is 17.8. The van der Waals surface area contributed by atoms with E-state index in [-0.39, 0.29) is 0 Å². The number of nitrogens with one attached hydrogen (secondary N) is 1. The van der Waals surface area contributed by atoms with Gasteiger partial charge in [-0.25, -0.2) is 4.99 Å². The fraction of sp³-hybridized carbons (Fsp3) is 0.121. The van der Waals surface area contributed by atoms with E-state index >= 15 is 0 Å². The number of nitrogens with two attached hydrogens (primary N) is 1. The Morgan fingerprint density at radius 2 is 1.56 bits per heavy atom. The summed E-state index contributed by atoms with van der Waals surface area (Å²) in [6.07, 6.45) is 17.7. The lowest BCUT2D eigenvalue weighted by Gasteiger charge is -2.25. The van der Waals surface area contributed by atoms with E-state index < -0.39 is 6.17 Å². The van der Waals surface area contributed by atoms with Gasteiger partial charge in [-0.2, -0.15) is 0 Å². The Kier molecular flexibility index (Phi) is 11.3. The van der Waals surface area contributed by atoms with Gasteiger partial charge in [0.1, 0.15) is 18.7 Å². The van der Waals surface area contributed by atoms with Gasteiger partial charge in [0, 0.05) is 49.7 Å². The van der Waals surface area contributed by atoms with Crippen molar-refractivity contribution in [3.63, 3.8) is 0 Å². The molecule has 1 aromatic heterocycles. The van der Waals surface area contributed by atoms with Gasteiger partial charge >= 0.3 is 0 Å². The van der Waals surface area contributed by atoms with Crippen LogP contribution in [-0.2, 0) is 12.8 Å². The predicted octanol–water partition coefficient (Wildman–Crippen LogP) is 13.9. The Balaban J connectivity index is 0.992. The number of allylic oxidation sites excluding steroid dienone is 9. The van der Waals surface area contributed by atoms with Crippen LogP contribution in [-0.4, -0.2) is 19.6 Å². The van der Waals surface area contributed by atoms with Crippen molar-refractivity contribution < 1.29 is 0 Å². The summed E-state index contributed by atoms with van der Waals surface area (Å²) in [5.74, 6) is 1.06. The van der Waals surface area contributed by atoms with Crippen molar-refractivity contribution in [1.29, 1.82) is 0 Å². The van der Waals surface area contributed by atoms with Crippen molar-refractivity contribution >= 4 is 59.4 Å². The zero-order chi connectivity index (χ0) is 42.7. The van der Waals surface area contributed by atoms with Crippen molar-refractivity contribution in [2.75, 3.05) is 18.6 Å². The third-order valence-electron chi connectivity index (χ3n) is 12.4. The number of hydrogen-bond donors (Lipinski definition) is 2. The summed E-state index contributed by atoms with van der Waals surface area (Å²) >= 11 is 1.89. The topological polar surface area (TPSA) is 53.6 Å². The first-order valence-electron chi connectivity index (χ1n) is 21.8. The second kappa shape index (κ2) is 17.7. The maximum absolute atomic E-state index is 6.86. The van der Waals surface area contributed by atoms with Crippen LogP contribution in [0, 0.1) is 0 Å². The third-order valence-corrected chi connectivity index (χ3v) is 13.5. The lowest BCUT2D eigenvalue weighted by Crippen LogP contribution is -2.36. The molecule has 0 bridgehead atoms. The molecule has 0 fully saturated rings. The molecule has 2 aliphatic rings. The fourth-order valence-corrected chi connectivity index (χ4v) is 10.3. The lowest BCUT2D eigenvalue weighted by molar-refractivity contribution is 0.678. The molecule has 0 spiro atoms. The van der Waals surface area contributed by atoms with Gasteiger partial charge in [0.05, 0.1) is 5.69 Å². The zero-order valence-corrected chi connectivity index (χ0v) is 36.4. The third kappa shape index (κ3) is 8.46. The van der Waals surface area contributed by atoms with Crippen LogP contribution in [0.25, 0.3) is 47.6 Å². The van der Waals surface area contributed by atoms with Crippen molar-refractivity contribution in [3.05, 3.63) is 240 Å². The molecule has 63 heavy (non-hydrogen) atoms. The number of anilines is 1. The average molecular weight is 835 g/mol. The number of amidine groups is 1. The van der Waals surface area contributed by atoms with Gasteiger partial charge in [-0.15, -0.1) is 11.3 Å². The number of aliphatic imine (C=N–C) groups is 1. The van der Waals surface area contributed by atoms with E-state index in [4.69, 9.17) is 10.7 Å². The van der Waals surface area contributed by atoms with Crippen LogP contribution in [0.1, 0.15) is 51.9 Å². The Labute approximate surface area is 374 Å². The summed E-state index contributed by atoms with van der Waals surface area (Å²) in [4.78, 5) is 7.62. The molecule has 1 heterocycles. The molecule has 4 nitrogen and oxygen atoms in total. The van der Waals surface area contributed by atoms with Gasteiger partial charge in [-0.1, -0.05) is 182 Å². The van der Waals surface area contributed by atoms with Crippen molar-refractivity contribution in [2.24, 2.45) is 10.7 Å². The van der Waals surface area contributed by atoms with E-state index in [1.54, 1.807) is 0 Å². The molecule has 7 aromatic carbocycles. The molecule has 3 N–H and O–H groups in total. The van der Waals surface area contributed by atoms with Crippen LogP contribution in [0.5, 0.6) is 0 Å². The second-order valence-electron chi connectivity index (χ2n) is 16.7. The monoisotopic (exact) mass is 834 g/mol. The molecule has 2 atom stereocenters.